The summed E-state index contributed by atoms with van der Waals surface area (Å²) in [6.07, 6.45) is -3.23. The molecule has 0 fully saturated rings. The highest BCUT2D eigenvalue weighted by atomic mass is 19.4. The van der Waals surface area contributed by atoms with E-state index in [0.717, 1.165) is 18.2 Å². The van der Waals surface area contributed by atoms with Gasteiger partial charge in [-0.05, 0) is 18.2 Å². The average molecular weight is 243 g/mol. The summed E-state index contributed by atoms with van der Waals surface area (Å²) in [5, 5.41) is 8.99. The van der Waals surface area contributed by atoms with Gasteiger partial charge in [0.2, 0.25) is 0 Å². The van der Waals surface area contributed by atoms with Crippen LogP contribution in [0.5, 0.6) is 0 Å². The molecule has 0 saturated carbocycles. The van der Waals surface area contributed by atoms with Crippen LogP contribution in [0.25, 0.3) is 10.9 Å². The molecule has 1 heterocycles. The van der Waals surface area contributed by atoms with Gasteiger partial charge in [-0.25, -0.2) is 0 Å². The van der Waals surface area contributed by atoms with Crippen LogP contribution in [-0.2, 0) is 12.8 Å². The lowest BCUT2D eigenvalue weighted by molar-refractivity contribution is -0.137. The maximum Gasteiger partial charge on any atom is 0.416 e. The zero-order chi connectivity index (χ0) is 12.6. The maximum absolute atomic E-state index is 12.4. The van der Waals surface area contributed by atoms with E-state index in [1.807, 2.05) is 0 Å². The number of benzene rings is 1. The second-order valence-corrected chi connectivity index (χ2v) is 3.56. The summed E-state index contributed by atoms with van der Waals surface area (Å²) >= 11 is 0. The van der Waals surface area contributed by atoms with Gasteiger partial charge in [0.05, 0.1) is 12.2 Å². The molecule has 17 heavy (non-hydrogen) atoms. The Bertz CT molecular complexity index is 616. The van der Waals surface area contributed by atoms with Crippen molar-refractivity contribution in [2.45, 2.75) is 12.8 Å². The van der Waals surface area contributed by atoms with E-state index >= 15 is 0 Å². The van der Waals surface area contributed by atoms with Crippen molar-refractivity contribution in [3.63, 3.8) is 0 Å². The minimum absolute atomic E-state index is 0.0991. The normalized spacial score (nSPS) is 12.0. The summed E-state index contributed by atoms with van der Waals surface area (Å²) in [6, 6.07) is 2.83. The fourth-order valence-corrected chi connectivity index (χ4v) is 1.56. The van der Waals surface area contributed by atoms with Crippen LogP contribution in [0.4, 0.5) is 13.2 Å². The molecule has 1 aromatic heterocycles. The van der Waals surface area contributed by atoms with Crippen LogP contribution in [0.15, 0.2) is 29.2 Å². The number of H-pyrrole nitrogens is 1. The Morgan fingerprint density at radius 1 is 1.29 bits per heavy atom. The maximum atomic E-state index is 12.4. The SMILES string of the molecule is O=c1c(CO)c[nH]c2cc(C(F)(F)F)ccc12. The van der Waals surface area contributed by atoms with Crippen LogP contribution in [-0.4, -0.2) is 10.1 Å². The Morgan fingerprint density at radius 2 is 2.00 bits per heavy atom. The number of rotatable bonds is 1. The van der Waals surface area contributed by atoms with Crippen LogP contribution in [0.3, 0.4) is 0 Å². The van der Waals surface area contributed by atoms with E-state index in [0.29, 0.717) is 0 Å². The van der Waals surface area contributed by atoms with Crippen LogP contribution >= 0.6 is 0 Å². The van der Waals surface area contributed by atoms with Gasteiger partial charge in [0.25, 0.3) is 0 Å². The molecule has 0 unspecified atom stereocenters. The Kier molecular flexibility index (Phi) is 2.66. The minimum atomic E-state index is -4.44. The third-order valence-electron chi connectivity index (χ3n) is 2.46. The van der Waals surface area contributed by atoms with Crippen LogP contribution in [0.2, 0.25) is 0 Å². The van der Waals surface area contributed by atoms with E-state index in [9.17, 15) is 18.0 Å². The number of alkyl halides is 3. The van der Waals surface area contributed by atoms with Crippen LogP contribution in [0.1, 0.15) is 11.1 Å². The lowest BCUT2D eigenvalue weighted by Gasteiger charge is -2.07. The molecule has 0 saturated heterocycles. The number of hydrogen-bond donors (Lipinski definition) is 2. The van der Waals surface area contributed by atoms with Gasteiger partial charge < -0.3 is 10.1 Å². The summed E-state index contributed by atoms with van der Waals surface area (Å²) in [7, 11) is 0. The molecule has 2 aromatic rings. The van der Waals surface area contributed by atoms with Crippen LogP contribution < -0.4 is 5.43 Å². The Hall–Kier alpha value is -1.82. The molecule has 0 amide bonds. The number of aliphatic hydroxyl groups excluding tert-OH is 1. The Balaban J connectivity index is 2.70. The number of nitrogens with one attached hydrogen (secondary N) is 1. The molecule has 0 bridgehead atoms. The molecule has 0 aliphatic carbocycles. The summed E-state index contributed by atoms with van der Waals surface area (Å²) in [6.45, 7) is -0.452. The number of fused-ring (bicyclic) bond motifs is 1. The third-order valence-corrected chi connectivity index (χ3v) is 2.46. The van der Waals surface area contributed by atoms with Crippen molar-refractivity contribution < 1.29 is 18.3 Å². The summed E-state index contributed by atoms with van der Waals surface area (Å²) in [5.41, 5.74) is -1.06. The molecule has 0 aliphatic rings. The van der Waals surface area contributed by atoms with Crippen molar-refractivity contribution in [3.05, 3.63) is 45.7 Å². The smallest absolute Gasteiger partial charge is 0.391 e. The van der Waals surface area contributed by atoms with Crippen molar-refractivity contribution >= 4 is 10.9 Å². The quantitative estimate of drug-likeness (QED) is 0.805. The number of aliphatic hydroxyl groups is 1. The summed E-state index contributed by atoms with van der Waals surface area (Å²) in [5.74, 6) is 0. The predicted octanol–water partition coefficient (Wildman–Crippen LogP) is 2.04. The van der Waals surface area contributed by atoms with Gasteiger partial charge in [-0.3, -0.25) is 4.79 Å². The topological polar surface area (TPSA) is 53.1 Å². The van der Waals surface area contributed by atoms with Crippen molar-refractivity contribution in [1.82, 2.24) is 4.98 Å². The molecule has 3 nitrogen and oxygen atoms in total. The van der Waals surface area contributed by atoms with Crippen molar-refractivity contribution in [1.29, 1.82) is 0 Å². The highest BCUT2D eigenvalue weighted by molar-refractivity contribution is 5.79. The fraction of sp³-hybridized carbons (Fsp3) is 0.182. The number of aromatic amines is 1. The van der Waals surface area contributed by atoms with Gasteiger partial charge in [0, 0.05) is 22.7 Å². The first-order valence-corrected chi connectivity index (χ1v) is 4.76. The fourth-order valence-electron chi connectivity index (χ4n) is 1.56. The zero-order valence-electron chi connectivity index (χ0n) is 8.51. The molecule has 6 heteroatoms. The predicted molar refractivity (Wildman–Crippen MR) is 55.5 cm³/mol. The van der Waals surface area contributed by atoms with Crippen molar-refractivity contribution in [2.24, 2.45) is 0 Å². The van der Waals surface area contributed by atoms with Gasteiger partial charge in [0.1, 0.15) is 0 Å². The van der Waals surface area contributed by atoms with Gasteiger partial charge in [-0.15, -0.1) is 0 Å². The Labute approximate surface area is 93.5 Å². The molecule has 2 rings (SSSR count). The minimum Gasteiger partial charge on any atom is -0.391 e. The first-order valence-electron chi connectivity index (χ1n) is 4.76. The molecule has 0 radical (unpaired) electrons. The Morgan fingerprint density at radius 3 is 2.59 bits per heavy atom. The monoisotopic (exact) mass is 243 g/mol. The summed E-state index contributed by atoms with van der Waals surface area (Å²) < 4.78 is 37.3. The molecular weight excluding hydrogens is 235 g/mol. The molecule has 0 spiro atoms. The number of hydrogen-bond acceptors (Lipinski definition) is 2. The zero-order valence-corrected chi connectivity index (χ0v) is 8.51. The highest BCUT2D eigenvalue weighted by Crippen LogP contribution is 2.30. The standard InChI is InChI=1S/C11H8F3NO2/c12-11(13,14)7-1-2-8-9(3-7)15-4-6(5-16)10(8)17/h1-4,16H,5H2,(H,15,17). The lowest BCUT2D eigenvalue weighted by atomic mass is 10.1. The number of halogens is 3. The molecule has 0 aliphatic heterocycles. The molecule has 90 valence electrons. The van der Waals surface area contributed by atoms with E-state index in [-0.39, 0.29) is 16.5 Å². The van der Waals surface area contributed by atoms with E-state index in [1.165, 1.54) is 6.20 Å². The highest BCUT2D eigenvalue weighted by Gasteiger charge is 2.30. The molecule has 1 aromatic carbocycles. The third kappa shape index (κ3) is 2.03. The van der Waals surface area contributed by atoms with E-state index < -0.39 is 23.8 Å². The second kappa shape index (κ2) is 3.89. The first kappa shape index (κ1) is 11.7. The number of pyridine rings is 1. The van der Waals surface area contributed by atoms with Gasteiger partial charge >= 0.3 is 6.18 Å². The second-order valence-electron chi connectivity index (χ2n) is 3.56. The summed E-state index contributed by atoms with van der Waals surface area (Å²) in [4.78, 5) is 14.2. The van der Waals surface area contributed by atoms with Crippen molar-refractivity contribution in [3.8, 4) is 0 Å². The first-order chi connectivity index (χ1) is 7.93. The molecule has 2 N–H and O–H groups in total. The van der Waals surface area contributed by atoms with E-state index in [2.05, 4.69) is 4.98 Å². The number of aromatic nitrogens is 1. The van der Waals surface area contributed by atoms with Crippen molar-refractivity contribution in [2.75, 3.05) is 0 Å². The molecular formula is C11H8F3NO2. The van der Waals surface area contributed by atoms with E-state index in [1.54, 1.807) is 0 Å². The largest absolute Gasteiger partial charge is 0.416 e. The molecule has 0 atom stereocenters. The lowest BCUT2D eigenvalue weighted by Crippen LogP contribution is -2.11. The van der Waals surface area contributed by atoms with Gasteiger partial charge in [-0.1, -0.05) is 0 Å². The average Bonchev–Trinajstić information content (AvgIpc) is 2.28. The van der Waals surface area contributed by atoms with E-state index in [4.69, 9.17) is 5.11 Å². The van der Waals surface area contributed by atoms with Crippen LogP contribution in [0, 0.1) is 0 Å². The van der Waals surface area contributed by atoms with Gasteiger partial charge in [0.15, 0.2) is 5.43 Å². The van der Waals surface area contributed by atoms with Gasteiger partial charge in [-0.2, -0.15) is 13.2 Å².